The van der Waals surface area contributed by atoms with Gasteiger partial charge >= 0.3 is 5.97 Å². The van der Waals surface area contributed by atoms with Crippen molar-refractivity contribution in [3.8, 4) is 0 Å². The molecule has 0 unspecified atom stereocenters. The van der Waals surface area contributed by atoms with Gasteiger partial charge in [0.2, 0.25) is 0 Å². The predicted octanol–water partition coefficient (Wildman–Crippen LogP) is 2.89. The molecule has 0 aliphatic carbocycles. The van der Waals surface area contributed by atoms with E-state index in [1.165, 1.54) is 0 Å². The van der Waals surface area contributed by atoms with Crippen molar-refractivity contribution in [3.63, 3.8) is 0 Å². The standard InChI is InChI=1S/C14H18O3/c1-9(2)12(15)10-6-5-7-11(8-10)14(3,4)13(16)17/h5-9H,1-4H3,(H,16,17). The smallest absolute Gasteiger partial charge is 0.313 e. The second-order valence-corrected chi connectivity index (χ2v) is 5.03. The molecule has 0 fully saturated rings. The van der Waals surface area contributed by atoms with E-state index in [0.717, 1.165) is 0 Å². The Hall–Kier alpha value is -1.64. The summed E-state index contributed by atoms with van der Waals surface area (Å²) in [4.78, 5) is 23.0. The quantitative estimate of drug-likeness (QED) is 0.815. The Kier molecular flexibility index (Phi) is 3.71. The molecule has 0 saturated carbocycles. The summed E-state index contributed by atoms with van der Waals surface area (Å²) >= 11 is 0. The highest BCUT2D eigenvalue weighted by Crippen LogP contribution is 2.24. The molecule has 1 N–H and O–H groups in total. The summed E-state index contributed by atoms with van der Waals surface area (Å²) in [5, 5.41) is 9.15. The minimum Gasteiger partial charge on any atom is -0.481 e. The van der Waals surface area contributed by atoms with Crippen LogP contribution in [0.2, 0.25) is 0 Å². The number of carbonyl (C=O) groups excluding carboxylic acids is 1. The highest BCUT2D eigenvalue weighted by molar-refractivity contribution is 5.97. The number of aliphatic carboxylic acids is 1. The van der Waals surface area contributed by atoms with Crippen LogP contribution in [0.15, 0.2) is 24.3 Å². The van der Waals surface area contributed by atoms with E-state index < -0.39 is 11.4 Å². The van der Waals surface area contributed by atoms with Gasteiger partial charge in [-0.05, 0) is 25.5 Å². The molecule has 1 rings (SSSR count). The van der Waals surface area contributed by atoms with Gasteiger partial charge in [0.05, 0.1) is 5.41 Å². The largest absolute Gasteiger partial charge is 0.481 e. The van der Waals surface area contributed by atoms with E-state index in [1.807, 2.05) is 13.8 Å². The van der Waals surface area contributed by atoms with Crippen molar-refractivity contribution in [2.24, 2.45) is 5.92 Å². The minimum absolute atomic E-state index is 0.0352. The first-order chi connectivity index (χ1) is 7.76. The molecule has 0 aromatic heterocycles. The van der Waals surface area contributed by atoms with Crippen molar-refractivity contribution in [1.29, 1.82) is 0 Å². The maximum Gasteiger partial charge on any atom is 0.313 e. The third-order valence-corrected chi connectivity index (χ3v) is 2.93. The van der Waals surface area contributed by atoms with Gasteiger partial charge in [0.25, 0.3) is 0 Å². The first kappa shape index (κ1) is 13.4. The molecule has 1 aromatic rings. The summed E-state index contributed by atoms with van der Waals surface area (Å²) in [6.45, 7) is 6.93. The molecule has 0 bridgehead atoms. The van der Waals surface area contributed by atoms with Crippen LogP contribution in [0.5, 0.6) is 0 Å². The molecule has 92 valence electrons. The maximum absolute atomic E-state index is 11.8. The van der Waals surface area contributed by atoms with Gasteiger partial charge in [-0.1, -0.05) is 32.0 Å². The van der Waals surface area contributed by atoms with Crippen molar-refractivity contribution in [2.75, 3.05) is 0 Å². The van der Waals surface area contributed by atoms with Crippen molar-refractivity contribution in [2.45, 2.75) is 33.1 Å². The molecule has 0 aliphatic heterocycles. The Bertz CT molecular complexity index is 445. The maximum atomic E-state index is 11.8. The molecule has 0 heterocycles. The summed E-state index contributed by atoms with van der Waals surface area (Å²) in [7, 11) is 0. The molecule has 0 saturated heterocycles. The number of carbonyl (C=O) groups is 2. The minimum atomic E-state index is -0.979. The first-order valence-electron chi connectivity index (χ1n) is 5.65. The number of carboxylic acid groups (broad SMARTS) is 1. The molecule has 0 spiro atoms. The van der Waals surface area contributed by atoms with Crippen LogP contribution in [0.3, 0.4) is 0 Å². The molecule has 0 radical (unpaired) electrons. The van der Waals surface area contributed by atoms with Crippen LogP contribution in [0, 0.1) is 5.92 Å². The Morgan fingerprint density at radius 1 is 1.24 bits per heavy atom. The summed E-state index contributed by atoms with van der Waals surface area (Å²) in [6, 6.07) is 6.88. The number of carboxylic acids is 1. The molecular formula is C14H18O3. The molecule has 17 heavy (non-hydrogen) atoms. The lowest BCUT2D eigenvalue weighted by Crippen LogP contribution is -2.28. The van der Waals surface area contributed by atoms with Gasteiger partial charge in [0.15, 0.2) is 5.78 Å². The number of rotatable bonds is 4. The van der Waals surface area contributed by atoms with E-state index in [9.17, 15) is 9.59 Å². The van der Waals surface area contributed by atoms with Crippen molar-refractivity contribution >= 4 is 11.8 Å². The highest BCUT2D eigenvalue weighted by atomic mass is 16.4. The lowest BCUT2D eigenvalue weighted by atomic mass is 9.83. The third-order valence-electron chi connectivity index (χ3n) is 2.93. The molecule has 0 aliphatic rings. The SMILES string of the molecule is CC(C)C(=O)c1cccc(C(C)(C)C(=O)O)c1. The Morgan fingerprint density at radius 3 is 2.29 bits per heavy atom. The van der Waals surface area contributed by atoms with Gasteiger partial charge < -0.3 is 5.11 Å². The normalized spacial score (nSPS) is 11.6. The van der Waals surface area contributed by atoms with Crippen LogP contribution >= 0.6 is 0 Å². The molecule has 1 aromatic carbocycles. The van der Waals surface area contributed by atoms with E-state index >= 15 is 0 Å². The van der Waals surface area contributed by atoms with E-state index in [0.29, 0.717) is 11.1 Å². The van der Waals surface area contributed by atoms with Gasteiger partial charge in [0.1, 0.15) is 0 Å². The average molecular weight is 234 g/mol. The fraction of sp³-hybridized carbons (Fsp3) is 0.429. The van der Waals surface area contributed by atoms with Crippen LogP contribution in [0.25, 0.3) is 0 Å². The lowest BCUT2D eigenvalue weighted by Gasteiger charge is -2.20. The Morgan fingerprint density at radius 2 is 1.82 bits per heavy atom. The van der Waals surface area contributed by atoms with Crippen LogP contribution in [-0.4, -0.2) is 16.9 Å². The number of Topliss-reactive ketones (excluding diaryl/α,β-unsaturated/α-hetero) is 1. The molecule has 3 heteroatoms. The van der Waals surface area contributed by atoms with Crippen molar-refractivity contribution in [3.05, 3.63) is 35.4 Å². The first-order valence-corrected chi connectivity index (χ1v) is 5.65. The van der Waals surface area contributed by atoms with Gasteiger partial charge in [-0.2, -0.15) is 0 Å². The van der Waals surface area contributed by atoms with Crippen molar-refractivity contribution < 1.29 is 14.7 Å². The van der Waals surface area contributed by atoms with E-state index in [1.54, 1.807) is 38.1 Å². The van der Waals surface area contributed by atoms with E-state index in [4.69, 9.17) is 5.11 Å². The molecule has 3 nitrogen and oxygen atoms in total. The van der Waals surface area contributed by atoms with E-state index in [2.05, 4.69) is 0 Å². The number of hydrogen-bond acceptors (Lipinski definition) is 2. The fourth-order valence-corrected chi connectivity index (χ4v) is 1.52. The molecule has 0 amide bonds. The van der Waals surface area contributed by atoms with Crippen LogP contribution in [-0.2, 0) is 10.2 Å². The zero-order valence-corrected chi connectivity index (χ0v) is 10.7. The summed E-state index contributed by atoms with van der Waals surface area (Å²) < 4.78 is 0. The molecular weight excluding hydrogens is 216 g/mol. The van der Waals surface area contributed by atoms with Crippen LogP contribution in [0.1, 0.15) is 43.6 Å². The monoisotopic (exact) mass is 234 g/mol. The van der Waals surface area contributed by atoms with Crippen LogP contribution < -0.4 is 0 Å². The number of benzene rings is 1. The number of ketones is 1. The Labute approximate surface area is 101 Å². The zero-order chi connectivity index (χ0) is 13.2. The average Bonchev–Trinajstić information content (AvgIpc) is 2.27. The fourth-order valence-electron chi connectivity index (χ4n) is 1.52. The molecule has 0 atom stereocenters. The van der Waals surface area contributed by atoms with Gasteiger partial charge in [-0.25, -0.2) is 0 Å². The van der Waals surface area contributed by atoms with Gasteiger partial charge in [-0.15, -0.1) is 0 Å². The van der Waals surface area contributed by atoms with Crippen LogP contribution in [0.4, 0.5) is 0 Å². The second kappa shape index (κ2) is 4.70. The third kappa shape index (κ3) is 2.73. The lowest BCUT2D eigenvalue weighted by molar-refractivity contribution is -0.142. The summed E-state index contributed by atoms with van der Waals surface area (Å²) in [5.74, 6) is -0.946. The second-order valence-electron chi connectivity index (χ2n) is 5.03. The summed E-state index contributed by atoms with van der Waals surface area (Å²) in [5.41, 5.74) is 0.246. The number of hydrogen-bond donors (Lipinski definition) is 1. The topological polar surface area (TPSA) is 54.4 Å². The zero-order valence-electron chi connectivity index (χ0n) is 10.7. The van der Waals surface area contributed by atoms with E-state index in [-0.39, 0.29) is 11.7 Å². The Balaban J connectivity index is 3.18. The van der Waals surface area contributed by atoms with Gasteiger partial charge in [0, 0.05) is 11.5 Å². The highest BCUT2D eigenvalue weighted by Gasteiger charge is 2.29. The van der Waals surface area contributed by atoms with Crippen molar-refractivity contribution in [1.82, 2.24) is 0 Å². The summed E-state index contributed by atoms with van der Waals surface area (Å²) in [6.07, 6.45) is 0. The van der Waals surface area contributed by atoms with Gasteiger partial charge in [-0.3, -0.25) is 9.59 Å². The predicted molar refractivity (Wildman–Crippen MR) is 66.3 cm³/mol.